The van der Waals surface area contributed by atoms with Crippen LogP contribution in [0.4, 0.5) is 0 Å². The average molecular weight is 435 g/mol. The lowest BCUT2D eigenvalue weighted by molar-refractivity contribution is -0.133. The predicted molar refractivity (Wildman–Crippen MR) is 114 cm³/mol. The number of rotatable bonds is 6. The van der Waals surface area contributed by atoms with E-state index in [4.69, 9.17) is 4.99 Å². The summed E-state index contributed by atoms with van der Waals surface area (Å²) < 4.78 is 1.18. The number of likely N-dealkylation sites (tertiary alicyclic amines) is 1. The first-order chi connectivity index (χ1) is 12.9. The summed E-state index contributed by atoms with van der Waals surface area (Å²) in [5.74, 6) is 1.16. The van der Waals surface area contributed by atoms with Crippen molar-refractivity contribution in [1.82, 2.24) is 15.5 Å². The summed E-state index contributed by atoms with van der Waals surface area (Å²) in [7, 11) is 0. The van der Waals surface area contributed by atoms with Gasteiger partial charge >= 0.3 is 0 Å². The van der Waals surface area contributed by atoms with E-state index < -0.39 is 0 Å². The van der Waals surface area contributed by atoms with Crippen molar-refractivity contribution in [3.05, 3.63) is 34.3 Å². The summed E-state index contributed by atoms with van der Waals surface area (Å²) in [6, 6.07) is 8.75. The number of amides is 1. The maximum atomic E-state index is 12.2. The van der Waals surface area contributed by atoms with Crippen LogP contribution in [0.3, 0.4) is 0 Å². The van der Waals surface area contributed by atoms with Gasteiger partial charge in [0.1, 0.15) is 0 Å². The Morgan fingerprint density at radius 1 is 1.37 bits per heavy atom. The van der Waals surface area contributed by atoms with Crippen LogP contribution in [0.5, 0.6) is 0 Å². The Morgan fingerprint density at radius 3 is 2.74 bits per heavy atom. The molecule has 6 heteroatoms. The lowest BCUT2D eigenvalue weighted by Gasteiger charge is -2.21. The van der Waals surface area contributed by atoms with Crippen molar-refractivity contribution in [2.75, 3.05) is 26.2 Å². The first-order valence-corrected chi connectivity index (χ1v) is 10.8. The summed E-state index contributed by atoms with van der Waals surface area (Å²) in [6.07, 6.45) is 3.33. The standard InChI is InChI=1S/C21H31BrN4O/c1-4-23-20(25-16-9-12-26(13-16)19(27)15(2)3)24-14-21(10-11-21)17-7-5-6-8-18(17)22/h5-8,15-16H,4,9-14H2,1-3H3,(H2,23,24,25). The summed E-state index contributed by atoms with van der Waals surface area (Å²) in [4.78, 5) is 19.1. The van der Waals surface area contributed by atoms with Gasteiger partial charge in [0.25, 0.3) is 0 Å². The van der Waals surface area contributed by atoms with Crippen LogP contribution in [0.1, 0.15) is 45.6 Å². The molecule has 1 saturated heterocycles. The Bertz CT molecular complexity index is 699. The highest BCUT2D eigenvalue weighted by Gasteiger charge is 2.45. The number of halogens is 1. The van der Waals surface area contributed by atoms with Crippen LogP contribution in [0, 0.1) is 5.92 Å². The topological polar surface area (TPSA) is 56.7 Å². The van der Waals surface area contributed by atoms with Gasteiger partial charge in [-0.05, 0) is 37.8 Å². The van der Waals surface area contributed by atoms with Crippen LogP contribution in [0.15, 0.2) is 33.7 Å². The zero-order valence-electron chi connectivity index (χ0n) is 16.6. The van der Waals surface area contributed by atoms with Crippen LogP contribution < -0.4 is 10.6 Å². The minimum atomic E-state index is 0.0599. The molecule has 5 nitrogen and oxygen atoms in total. The molecule has 1 heterocycles. The highest BCUT2D eigenvalue weighted by molar-refractivity contribution is 9.10. The van der Waals surface area contributed by atoms with Crippen LogP contribution >= 0.6 is 15.9 Å². The van der Waals surface area contributed by atoms with E-state index in [1.54, 1.807) is 0 Å². The lowest BCUT2D eigenvalue weighted by atomic mass is 9.96. The fraction of sp³-hybridized carbons (Fsp3) is 0.619. The summed E-state index contributed by atoms with van der Waals surface area (Å²) in [5, 5.41) is 6.91. The Hall–Kier alpha value is -1.56. The maximum Gasteiger partial charge on any atom is 0.225 e. The van der Waals surface area contributed by atoms with Crippen molar-refractivity contribution in [2.24, 2.45) is 10.9 Å². The second-order valence-corrected chi connectivity index (χ2v) is 8.88. The van der Waals surface area contributed by atoms with Gasteiger partial charge in [0.05, 0.1) is 6.54 Å². The van der Waals surface area contributed by atoms with Crippen molar-refractivity contribution < 1.29 is 4.79 Å². The van der Waals surface area contributed by atoms with Crippen molar-refractivity contribution in [2.45, 2.75) is 51.5 Å². The molecule has 0 bridgehead atoms. The van der Waals surface area contributed by atoms with E-state index in [-0.39, 0.29) is 23.3 Å². The normalized spacial score (nSPS) is 21.4. The van der Waals surface area contributed by atoms with E-state index >= 15 is 0 Å². The van der Waals surface area contributed by atoms with Crippen LogP contribution in [-0.2, 0) is 10.2 Å². The summed E-state index contributed by atoms with van der Waals surface area (Å²) >= 11 is 3.70. The van der Waals surface area contributed by atoms with Gasteiger partial charge in [-0.1, -0.05) is 48.0 Å². The third-order valence-corrected chi connectivity index (χ3v) is 6.21. The fourth-order valence-electron chi connectivity index (χ4n) is 3.74. The SMILES string of the molecule is CCNC(=NCC1(c2ccccc2Br)CC1)NC1CCN(C(=O)C(C)C)C1. The average Bonchev–Trinajstić information content (AvgIpc) is 3.29. The smallest absolute Gasteiger partial charge is 0.225 e. The van der Waals surface area contributed by atoms with Gasteiger partial charge in [-0.25, -0.2) is 0 Å². The molecule has 1 amide bonds. The van der Waals surface area contributed by atoms with E-state index in [2.05, 4.69) is 57.8 Å². The third-order valence-electron chi connectivity index (χ3n) is 5.52. The molecule has 1 aliphatic carbocycles. The van der Waals surface area contributed by atoms with Crippen molar-refractivity contribution in [1.29, 1.82) is 0 Å². The Balaban J connectivity index is 1.63. The molecule has 27 heavy (non-hydrogen) atoms. The second-order valence-electron chi connectivity index (χ2n) is 8.02. The maximum absolute atomic E-state index is 12.2. The third kappa shape index (κ3) is 4.84. The molecule has 0 radical (unpaired) electrons. The molecular weight excluding hydrogens is 404 g/mol. The van der Waals surface area contributed by atoms with Gasteiger partial charge in [-0.2, -0.15) is 0 Å². The molecule has 1 aromatic carbocycles. The molecule has 148 valence electrons. The molecule has 1 unspecified atom stereocenters. The largest absolute Gasteiger partial charge is 0.357 e. The Kier molecular flexibility index (Phi) is 6.45. The second kappa shape index (κ2) is 8.63. The number of carbonyl (C=O) groups is 1. The quantitative estimate of drug-likeness (QED) is 0.533. The number of hydrogen-bond donors (Lipinski definition) is 2. The molecule has 1 aromatic rings. The number of nitrogens with one attached hydrogen (secondary N) is 2. The first-order valence-electron chi connectivity index (χ1n) is 10.0. The molecule has 3 rings (SSSR count). The minimum absolute atomic E-state index is 0.0599. The fourth-order valence-corrected chi connectivity index (χ4v) is 4.45. The molecule has 2 aliphatic rings. The molecule has 1 atom stereocenters. The van der Waals surface area contributed by atoms with Gasteiger partial charge in [-0.3, -0.25) is 9.79 Å². The number of nitrogens with zero attached hydrogens (tertiary/aromatic N) is 2. The zero-order valence-corrected chi connectivity index (χ0v) is 18.2. The first kappa shape index (κ1) is 20.2. The Morgan fingerprint density at radius 2 is 2.11 bits per heavy atom. The van der Waals surface area contributed by atoms with Crippen LogP contribution in [-0.4, -0.2) is 49.0 Å². The number of carbonyl (C=O) groups excluding carboxylic acids is 1. The summed E-state index contributed by atoms with van der Waals surface area (Å²) in [5.41, 5.74) is 1.52. The predicted octanol–water partition coefficient (Wildman–Crippen LogP) is 3.29. The van der Waals surface area contributed by atoms with Crippen molar-refractivity contribution in [3.8, 4) is 0 Å². The van der Waals surface area contributed by atoms with E-state index in [0.717, 1.165) is 38.6 Å². The van der Waals surface area contributed by atoms with Crippen LogP contribution in [0.2, 0.25) is 0 Å². The van der Waals surface area contributed by atoms with E-state index in [0.29, 0.717) is 0 Å². The van der Waals surface area contributed by atoms with Gasteiger partial charge in [-0.15, -0.1) is 0 Å². The molecular formula is C21H31BrN4O. The van der Waals surface area contributed by atoms with Crippen molar-refractivity contribution in [3.63, 3.8) is 0 Å². The van der Waals surface area contributed by atoms with E-state index in [9.17, 15) is 4.79 Å². The summed E-state index contributed by atoms with van der Waals surface area (Å²) in [6.45, 7) is 9.21. The van der Waals surface area contributed by atoms with Gasteiger partial charge in [0.15, 0.2) is 5.96 Å². The molecule has 1 saturated carbocycles. The molecule has 1 aliphatic heterocycles. The lowest BCUT2D eigenvalue weighted by Crippen LogP contribution is -2.45. The number of hydrogen-bond acceptors (Lipinski definition) is 2. The highest BCUT2D eigenvalue weighted by Crippen LogP contribution is 2.50. The zero-order chi connectivity index (χ0) is 19.4. The number of benzene rings is 1. The monoisotopic (exact) mass is 434 g/mol. The van der Waals surface area contributed by atoms with Crippen LogP contribution in [0.25, 0.3) is 0 Å². The van der Waals surface area contributed by atoms with Crippen molar-refractivity contribution >= 4 is 27.8 Å². The molecule has 2 N–H and O–H groups in total. The number of guanidine groups is 1. The van der Waals surface area contributed by atoms with E-state index in [1.807, 2.05) is 18.7 Å². The highest BCUT2D eigenvalue weighted by atomic mass is 79.9. The minimum Gasteiger partial charge on any atom is -0.357 e. The van der Waals surface area contributed by atoms with Gasteiger partial charge in [0, 0.05) is 41.5 Å². The van der Waals surface area contributed by atoms with E-state index in [1.165, 1.54) is 22.9 Å². The van der Waals surface area contributed by atoms with Gasteiger partial charge < -0.3 is 15.5 Å². The molecule has 2 fully saturated rings. The van der Waals surface area contributed by atoms with Gasteiger partial charge in [0.2, 0.25) is 5.91 Å². The number of aliphatic imine (C=N–C) groups is 1. The molecule has 0 spiro atoms. The molecule has 0 aromatic heterocycles. The Labute approximate surface area is 171 Å².